The van der Waals surface area contributed by atoms with E-state index in [1.165, 1.54) is 29.2 Å². The highest BCUT2D eigenvalue weighted by Gasteiger charge is 2.60. The number of carbonyl (C=O) groups excluding carboxylic acids is 2. The first-order chi connectivity index (χ1) is 14.5. The van der Waals surface area contributed by atoms with Gasteiger partial charge < -0.3 is 10.0 Å². The minimum absolute atomic E-state index is 0.0378. The Morgan fingerprint density at radius 1 is 1.10 bits per heavy atom. The maximum atomic E-state index is 14.4. The Balaban J connectivity index is 1.64. The van der Waals surface area contributed by atoms with Crippen molar-refractivity contribution in [3.05, 3.63) is 64.4 Å². The predicted molar refractivity (Wildman–Crippen MR) is 104 cm³/mol. The molecule has 2 aromatic carbocycles. The van der Waals surface area contributed by atoms with Crippen LogP contribution in [0.5, 0.6) is 0 Å². The maximum Gasteiger partial charge on any atom is 0.416 e. The van der Waals surface area contributed by atoms with Crippen LogP contribution in [0, 0.1) is 5.82 Å². The van der Waals surface area contributed by atoms with Crippen molar-refractivity contribution in [2.24, 2.45) is 0 Å². The summed E-state index contributed by atoms with van der Waals surface area (Å²) < 4.78 is 52.8. The minimum Gasteiger partial charge on any atom is -0.393 e. The average molecular weight is 457 g/mol. The average Bonchev–Trinajstić information content (AvgIpc) is 2.66. The summed E-state index contributed by atoms with van der Waals surface area (Å²) in [5.41, 5.74) is -1.90. The van der Waals surface area contributed by atoms with Gasteiger partial charge in [0.25, 0.3) is 5.91 Å². The van der Waals surface area contributed by atoms with E-state index in [1.54, 1.807) is 0 Å². The lowest BCUT2D eigenvalue weighted by molar-refractivity contribution is -0.167. The van der Waals surface area contributed by atoms with Gasteiger partial charge in [0.05, 0.1) is 17.4 Å². The molecule has 2 aromatic rings. The van der Waals surface area contributed by atoms with E-state index in [0.717, 1.165) is 23.1 Å². The summed E-state index contributed by atoms with van der Waals surface area (Å²) in [6, 6.07) is 8.03. The number of alkyl halides is 3. The van der Waals surface area contributed by atoms with E-state index in [1.807, 2.05) is 0 Å². The molecule has 164 valence electrons. The highest BCUT2D eigenvalue weighted by molar-refractivity contribution is 6.30. The third-order valence-electron chi connectivity index (χ3n) is 5.72. The maximum absolute atomic E-state index is 14.4. The highest BCUT2D eigenvalue weighted by Crippen LogP contribution is 2.44. The van der Waals surface area contributed by atoms with E-state index in [4.69, 9.17) is 11.6 Å². The summed E-state index contributed by atoms with van der Waals surface area (Å²) >= 11 is 5.77. The molecule has 31 heavy (non-hydrogen) atoms. The molecule has 2 amide bonds. The van der Waals surface area contributed by atoms with Crippen molar-refractivity contribution in [1.82, 2.24) is 4.90 Å². The Labute approximate surface area is 179 Å². The Morgan fingerprint density at radius 3 is 2.29 bits per heavy atom. The van der Waals surface area contributed by atoms with Crippen molar-refractivity contribution >= 4 is 29.1 Å². The van der Waals surface area contributed by atoms with Gasteiger partial charge in [0, 0.05) is 24.4 Å². The number of halogens is 5. The molecule has 10 heteroatoms. The number of amides is 2. The number of anilines is 1. The first kappa shape index (κ1) is 21.6. The predicted octanol–water partition coefficient (Wildman–Crippen LogP) is 3.77. The van der Waals surface area contributed by atoms with Gasteiger partial charge in [0.15, 0.2) is 0 Å². The molecule has 2 aliphatic rings. The van der Waals surface area contributed by atoms with Crippen LogP contribution in [0.15, 0.2) is 42.5 Å². The summed E-state index contributed by atoms with van der Waals surface area (Å²) in [5, 5.41) is 10.0. The van der Waals surface area contributed by atoms with Gasteiger partial charge in [-0.3, -0.25) is 14.5 Å². The van der Waals surface area contributed by atoms with Crippen molar-refractivity contribution in [3.8, 4) is 0 Å². The standard InChI is InChI=1S/C21H17ClF4N2O3/c22-14-5-6-17(16(23)7-14)27-11-18(30)28(20(19(27)31)8-15(29)9-20)10-12-1-3-13(4-2-12)21(24,25)26/h1-7,15,29H,8-11H2/t15-,20+. The second-order valence-corrected chi connectivity index (χ2v) is 8.19. The number of benzene rings is 2. The normalized spacial score (nSPS) is 24.0. The molecule has 5 nitrogen and oxygen atoms in total. The van der Waals surface area contributed by atoms with Crippen LogP contribution in [0.2, 0.25) is 5.02 Å². The topological polar surface area (TPSA) is 60.9 Å². The number of hydrogen-bond donors (Lipinski definition) is 1. The number of aliphatic hydroxyl groups is 1. The fourth-order valence-electron chi connectivity index (χ4n) is 4.13. The van der Waals surface area contributed by atoms with E-state index < -0.39 is 47.6 Å². The van der Waals surface area contributed by atoms with E-state index in [2.05, 4.69) is 0 Å². The van der Waals surface area contributed by atoms with Gasteiger partial charge in [-0.25, -0.2) is 4.39 Å². The molecular weight excluding hydrogens is 440 g/mol. The summed E-state index contributed by atoms with van der Waals surface area (Å²) in [6.45, 7) is -0.539. The Morgan fingerprint density at radius 2 is 1.74 bits per heavy atom. The lowest BCUT2D eigenvalue weighted by atomic mass is 9.70. The van der Waals surface area contributed by atoms with Crippen LogP contribution < -0.4 is 4.90 Å². The number of hydrogen-bond acceptors (Lipinski definition) is 3. The molecule has 0 aromatic heterocycles. The summed E-state index contributed by atoms with van der Waals surface area (Å²) in [5.74, 6) is -1.81. The van der Waals surface area contributed by atoms with Gasteiger partial charge >= 0.3 is 6.18 Å². The Bertz CT molecular complexity index is 1040. The van der Waals surface area contributed by atoms with Crippen LogP contribution in [0.3, 0.4) is 0 Å². The first-order valence-corrected chi connectivity index (χ1v) is 9.81. The molecule has 1 N–H and O–H groups in total. The second-order valence-electron chi connectivity index (χ2n) is 7.76. The van der Waals surface area contributed by atoms with Crippen LogP contribution in [0.25, 0.3) is 0 Å². The van der Waals surface area contributed by atoms with E-state index in [9.17, 15) is 32.3 Å². The van der Waals surface area contributed by atoms with Crippen molar-refractivity contribution < 1.29 is 32.3 Å². The first-order valence-electron chi connectivity index (χ1n) is 9.43. The molecule has 4 rings (SSSR count). The van der Waals surface area contributed by atoms with Crippen LogP contribution in [-0.2, 0) is 22.3 Å². The highest BCUT2D eigenvalue weighted by atomic mass is 35.5. The fourth-order valence-corrected chi connectivity index (χ4v) is 4.29. The molecule has 0 atom stereocenters. The van der Waals surface area contributed by atoms with Crippen LogP contribution in [-0.4, -0.2) is 40.0 Å². The van der Waals surface area contributed by atoms with Crippen LogP contribution in [0.4, 0.5) is 23.2 Å². The zero-order valence-electron chi connectivity index (χ0n) is 16.0. The molecule has 0 radical (unpaired) electrons. The van der Waals surface area contributed by atoms with Crippen molar-refractivity contribution in [2.75, 3.05) is 11.4 Å². The van der Waals surface area contributed by atoms with E-state index >= 15 is 0 Å². The summed E-state index contributed by atoms with van der Waals surface area (Å²) in [4.78, 5) is 28.6. The smallest absolute Gasteiger partial charge is 0.393 e. The third kappa shape index (κ3) is 3.76. The van der Waals surface area contributed by atoms with Crippen LogP contribution in [0.1, 0.15) is 24.0 Å². The SMILES string of the molecule is O=C1CN(c2ccc(Cl)cc2F)C(=O)[C@]2(C[C@H](O)C2)N1Cc1ccc(C(F)(F)F)cc1. The molecule has 1 heterocycles. The lowest BCUT2D eigenvalue weighted by Gasteiger charge is -2.55. The lowest BCUT2D eigenvalue weighted by Crippen LogP contribution is -2.73. The van der Waals surface area contributed by atoms with E-state index in [-0.39, 0.29) is 30.1 Å². The second kappa shape index (κ2) is 7.49. The molecule has 1 saturated heterocycles. The monoisotopic (exact) mass is 456 g/mol. The minimum atomic E-state index is -4.49. The third-order valence-corrected chi connectivity index (χ3v) is 5.96. The Hall–Kier alpha value is -2.65. The summed E-state index contributed by atoms with van der Waals surface area (Å²) in [7, 11) is 0. The van der Waals surface area contributed by atoms with Gasteiger partial charge in [0.2, 0.25) is 5.91 Å². The molecule has 0 bridgehead atoms. The number of piperazine rings is 1. The zero-order valence-corrected chi connectivity index (χ0v) is 16.8. The van der Waals surface area contributed by atoms with Crippen molar-refractivity contribution in [2.45, 2.75) is 37.2 Å². The number of aliphatic hydroxyl groups excluding tert-OH is 1. The molecule has 1 spiro atoms. The molecule has 2 fully saturated rings. The largest absolute Gasteiger partial charge is 0.416 e. The van der Waals surface area contributed by atoms with Gasteiger partial charge in [-0.05, 0) is 35.9 Å². The van der Waals surface area contributed by atoms with Gasteiger partial charge in [0.1, 0.15) is 17.9 Å². The van der Waals surface area contributed by atoms with Crippen molar-refractivity contribution in [3.63, 3.8) is 0 Å². The number of nitrogens with zero attached hydrogens (tertiary/aromatic N) is 2. The molecule has 1 aliphatic carbocycles. The molecule has 1 aliphatic heterocycles. The fraction of sp³-hybridized carbons (Fsp3) is 0.333. The zero-order chi connectivity index (χ0) is 22.6. The number of carbonyl (C=O) groups is 2. The number of rotatable bonds is 3. The Kier molecular flexibility index (Phi) is 5.21. The molecular formula is C21H17ClF4N2O3. The molecule has 0 unspecified atom stereocenters. The van der Waals surface area contributed by atoms with E-state index in [0.29, 0.717) is 5.56 Å². The summed E-state index contributed by atoms with van der Waals surface area (Å²) in [6.07, 6.45) is -5.38. The van der Waals surface area contributed by atoms with Gasteiger partial charge in [-0.2, -0.15) is 13.2 Å². The van der Waals surface area contributed by atoms with Gasteiger partial charge in [-0.1, -0.05) is 23.7 Å². The molecule has 1 saturated carbocycles. The van der Waals surface area contributed by atoms with Gasteiger partial charge in [-0.15, -0.1) is 0 Å². The van der Waals surface area contributed by atoms with Crippen molar-refractivity contribution in [1.29, 1.82) is 0 Å². The van der Waals surface area contributed by atoms with Crippen LogP contribution >= 0.6 is 11.6 Å². The quantitative estimate of drug-likeness (QED) is 0.715.